The summed E-state index contributed by atoms with van der Waals surface area (Å²) >= 11 is 0. The SMILES string of the molecule is CC(OCc1cc(F)cc(B(O)O)c1)c1ccccc1. The van der Waals surface area contributed by atoms with E-state index in [-0.39, 0.29) is 18.2 Å². The molecule has 0 radical (unpaired) electrons. The molecule has 0 bridgehead atoms. The molecular weight excluding hydrogens is 258 g/mol. The zero-order valence-electron chi connectivity index (χ0n) is 11.2. The second-order valence-corrected chi connectivity index (χ2v) is 4.63. The summed E-state index contributed by atoms with van der Waals surface area (Å²) in [7, 11) is -1.68. The Morgan fingerprint density at radius 1 is 1.15 bits per heavy atom. The van der Waals surface area contributed by atoms with Gasteiger partial charge in [0.2, 0.25) is 0 Å². The van der Waals surface area contributed by atoms with Crippen LogP contribution in [0, 0.1) is 5.82 Å². The van der Waals surface area contributed by atoms with E-state index in [2.05, 4.69) is 0 Å². The molecule has 2 aromatic rings. The smallest absolute Gasteiger partial charge is 0.423 e. The van der Waals surface area contributed by atoms with E-state index in [4.69, 9.17) is 14.8 Å². The Labute approximate surface area is 117 Å². The number of rotatable bonds is 5. The van der Waals surface area contributed by atoms with E-state index in [1.54, 1.807) is 0 Å². The lowest BCUT2D eigenvalue weighted by atomic mass is 9.79. The first-order chi connectivity index (χ1) is 9.56. The highest BCUT2D eigenvalue weighted by Gasteiger charge is 2.14. The van der Waals surface area contributed by atoms with Gasteiger partial charge in [0, 0.05) is 0 Å². The molecule has 5 heteroatoms. The maximum absolute atomic E-state index is 13.4. The Kier molecular flexibility index (Phi) is 4.90. The Balaban J connectivity index is 2.04. The van der Waals surface area contributed by atoms with Crippen LogP contribution in [0.4, 0.5) is 4.39 Å². The van der Waals surface area contributed by atoms with Gasteiger partial charge < -0.3 is 14.8 Å². The lowest BCUT2D eigenvalue weighted by Gasteiger charge is -2.14. The van der Waals surface area contributed by atoms with E-state index in [0.717, 1.165) is 11.6 Å². The Bertz CT molecular complexity index is 560. The molecule has 0 heterocycles. The number of halogens is 1. The van der Waals surface area contributed by atoms with Gasteiger partial charge >= 0.3 is 7.12 Å². The summed E-state index contributed by atoms with van der Waals surface area (Å²) in [5.74, 6) is -0.512. The summed E-state index contributed by atoms with van der Waals surface area (Å²) < 4.78 is 19.0. The van der Waals surface area contributed by atoms with Crippen molar-refractivity contribution in [3.63, 3.8) is 0 Å². The summed E-state index contributed by atoms with van der Waals surface area (Å²) in [6.07, 6.45) is -0.123. The largest absolute Gasteiger partial charge is 0.488 e. The van der Waals surface area contributed by atoms with E-state index < -0.39 is 12.9 Å². The molecule has 2 rings (SSSR count). The second-order valence-electron chi connectivity index (χ2n) is 4.63. The third-order valence-electron chi connectivity index (χ3n) is 3.05. The third kappa shape index (κ3) is 3.90. The topological polar surface area (TPSA) is 49.7 Å². The quantitative estimate of drug-likeness (QED) is 0.817. The zero-order chi connectivity index (χ0) is 14.5. The van der Waals surface area contributed by atoms with Gasteiger partial charge in [-0.25, -0.2) is 4.39 Å². The summed E-state index contributed by atoms with van der Waals surface area (Å²) in [6, 6.07) is 13.6. The highest BCUT2D eigenvalue weighted by molar-refractivity contribution is 6.58. The minimum atomic E-state index is -1.68. The number of hydrogen-bond acceptors (Lipinski definition) is 3. The van der Waals surface area contributed by atoms with Crippen LogP contribution in [-0.2, 0) is 11.3 Å². The normalized spacial score (nSPS) is 12.2. The van der Waals surface area contributed by atoms with Crippen LogP contribution in [0.1, 0.15) is 24.2 Å². The third-order valence-corrected chi connectivity index (χ3v) is 3.05. The fourth-order valence-corrected chi connectivity index (χ4v) is 1.95. The van der Waals surface area contributed by atoms with Crippen molar-refractivity contribution in [2.45, 2.75) is 19.6 Å². The molecule has 3 nitrogen and oxygen atoms in total. The summed E-state index contributed by atoms with van der Waals surface area (Å²) in [6.45, 7) is 2.12. The average molecular weight is 274 g/mol. The van der Waals surface area contributed by atoms with Gasteiger partial charge in [0.25, 0.3) is 0 Å². The van der Waals surface area contributed by atoms with E-state index >= 15 is 0 Å². The van der Waals surface area contributed by atoms with Gasteiger partial charge in [0.1, 0.15) is 5.82 Å². The standard InChI is InChI=1S/C15H16BFO3/c1-11(13-5-3-2-4-6-13)20-10-12-7-14(16(18)19)9-15(17)8-12/h2-9,11,18-19H,10H2,1H3. The number of ether oxygens (including phenoxy) is 1. The number of hydrogen-bond donors (Lipinski definition) is 2. The fourth-order valence-electron chi connectivity index (χ4n) is 1.95. The first-order valence-electron chi connectivity index (χ1n) is 6.38. The molecule has 0 aromatic heterocycles. The average Bonchev–Trinajstić information content (AvgIpc) is 2.45. The van der Waals surface area contributed by atoms with Gasteiger partial charge in [-0.05, 0) is 35.6 Å². The second kappa shape index (κ2) is 6.66. The molecule has 0 aliphatic rings. The zero-order valence-corrected chi connectivity index (χ0v) is 11.2. The van der Waals surface area contributed by atoms with Gasteiger partial charge in [-0.15, -0.1) is 0 Å². The van der Waals surface area contributed by atoms with Crippen LogP contribution in [0.5, 0.6) is 0 Å². The Morgan fingerprint density at radius 2 is 1.85 bits per heavy atom. The van der Waals surface area contributed by atoms with Crippen LogP contribution in [0.3, 0.4) is 0 Å². The molecule has 104 valence electrons. The number of benzene rings is 2. The molecular formula is C15H16BFO3. The molecule has 0 amide bonds. The molecule has 0 aliphatic heterocycles. The van der Waals surface area contributed by atoms with Gasteiger partial charge in [0.15, 0.2) is 0 Å². The molecule has 0 fully saturated rings. The van der Waals surface area contributed by atoms with Crippen LogP contribution in [0.15, 0.2) is 48.5 Å². The molecule has 20 heavy (non-hydrogen) atoms. The fraction of sp³-hybridized carbons (Fsp3) is 0.200. The molecule has 1 atom stereocenters. The van der Waals surface area contributed by atoms with Gasteiger partial charge in [0.05, 0.1) is 12.7 Å². The van der Waals surface area contributed by atoms with Crippen molar-refractivity contribution in [3.8, 4) is 0 Å². The van der Waals surface area contributed by atoms with Crippen molar-refractivity contribution in [1.82, 2.24) is 0 Å². The Hall–Kier alpha value is -1.69. The van der Waals surface area contributed by atoms with E-state index in [9.17, 15) is 4.39 Å². The van der Waals surface area contributed by atoms with Gasteiger partial charge in [-0.3, -0.25) is 0 Å². The predicted octanol–water partition coefficient (Wildman–Crippen LogP) is 1.78. The molecule has 0 spiro atoms. The van der Waals surface area contributed by atoms with E-state index in [1.165, 1.54) is 12.1 Å². The maximum atomic E-state index is 13.4. The van der Waals surface area contributed by atoms with Crippen molar-refractivity contribution >= 4 is 12.6 Å². The van der Waals surface area contributed by atoms with Crippen molar-refractivity contribution in [3.05, 3.63) is 65.5 Å². The molecule has 0 saturated heterocycles. The lowest BCUT2D eigenvalue weighted by Crippen LogP contribution is -2.30. The summed E-state index contributed by atoms with van der Waals surface area (Å²) in [5.41, 5.74) is 1.72. The summed E-state index contributed by atoms with van der Waals surface area (Å²) in [5, 5.41) is 18.2. The van der Waals surface area contributed by atoms with E-state index in [1.807, 2.05) is 37.3 Å². The highest BCUT2D eigenvalue weighted by atomic mass is 19.1. The van der Waals surface area contributed by atoms with Crippen molar-refractivity contribution in [2.24, 2.45) is 0 Å². The van der Waals surface area contributed by atoms with Crippen LogP contribution < -0.4 is 5.46 Å². The molecule has 2 N–H and O–H groups in total. The molecule has 0 aliphatic carbocycles. The highest BCUT2D eigenvalue weighted by Crippen LogP contribution is 2.18. The van der Waals surface area contributed by atoms with Crippen molar-refractivity contribution in [1.29, 1.82) is 0 Å². The van der Waals surface area contributed by atoms with Crippen LogP contribution in [-0.4, -0.2) is 17.2 Å². The molecule has 0 saturated carbocycles. The molecule has 2 aromatic carbocycles. The lowest BCUT2D eigenvalue weighted by molar-refractivity contribution is 0.0524. The van der Waals surface area contributed by atoms with Gasteiger partial charge in [-0.1, -0.05) is 36.4 Å². The monoisotopic (exact) mass is 274 g/mol. The molecule has 1 unspecified atom stereocenters. The van der Waals surface area contributed by atoms with Crippen molar-refractivity contribution in [2.75, 3.05) is 0 Å². The maximum Gasteiger partial charge on any atom is 0.488 e. The van der Waals surface area contributed by atoms with Crippen LogP contribution in [0.2, 0.25) is 0 Å². The first-order valence-corrected chi connectivity index (χ1v) is 6.38. The Morgan fingerprint density at radius 3 is 2.50 bits per heavy atom. The minimum Gasteiger partial charge on any atom is -0.423 e. The van der Waals surface area contributed by atoms with E-state index in [0.29, 0.717) is 5.56 Å². The summed E-state index contributed by atoms with van der Waals surface area (Å²) in [4.78, 5) is 0. The predicted molar refractivity (Wildman–Crippen MR) is 75.9 cm³/mol. The van der Waals surface area contributed by atoms with Crippen LogP contribution >= 0.6 is 0 Å². The van der Waals surface area contributed by atoms with Crippen molar-refractivity contribution < 1.29 is 19.2 Å². The van der Waals surface area contributed by atoms with Crippen LogP contribution in [0.25, 0.3) is 0 Å². The van der Waals surface area contributed by atoms with Gasteiger partial charge in [-0.2, -0.15) is 0 Å². The minimum absolute atomic E-state index is 0.121. The first kappa shape index (κ1) is 14.7.